The number of ether oxygens (including phenoxy) is 1. The topological polar surface area (TPSA) is 87.7 Å². The first-order chi connectivity index (χ1) is 12.3. The van der Waals surface area contributed by atoms with Gasteiger partial charge in [0, 0.05) is 5.56 Å². The molecule has 2 aromatic carbocycles. The Bertz CT molecular complexity index is 833. The van der Waals surface area contributed by atoms with E-state index in [1.54, 1.807) is 24.3 Å². The van der Waals surface area contributed by atoms with Gasteiger partial charge in [-0.05, 0) is 55.5 Å². The average Bonchev–Trinajstić information content (AvgIpc) is 2.58. The summed E-state index contributed by atoms with van der Waals surface area (Å²) < 4.78 is 5.31. The van der Waals surface area contributed by atoms with Crippen LogP contribution in [0, 0.1) is 0 Å². The number of anilines is 1. The molecule has 0 atom stereocenters. The van der Waals surface area contributed by atoms with Crippen molar-refractivity contribution < 1.29 is 19.4 Å². The third-order valence-electron chi connectivity index (χ3n) is 3.18. The third-order valence-corrected chi connectivity index (χ3v) is 3.98. The Morgan fingerprint density at radius 1 is 1.12 bits per heavy atom. The molecule has 0 aromatic heterocycles. The summed E-state index contributed by atoms with van der Waals surface area (Å²) >= 11 is 17.1. The Kier molecular flexibility index (Phi) is 6.79. The normalized spacial score (nSPS) is 10.1. The molecule has 0 fully saturated rings. The van der Waals surface area contributed by atoms with Gasteiger partial charge in [-0.2, -0.15) is 0 Å². The van der Waals surface area contributed by atoms with Crippen molar-refractivity contribution in [2.75, 3.05) is 11.9 Å². The number of carboxylic acid groups (broad SMARTS) is 1. The van der Waals surface area contributed by atoms with Gasteiger partial charge in [-0.3, -0.25) is 10.1 Å². The van der Waals surface area contributed by atoms with E-state index < -0.39 is 11.9 Å². The second-order valence-corrected chi connectivity index (χ2v) is 6.21. The minimum Gasteiger partial charge on any atom is -0.494 e. The molecule has 9 heteroatoms. The predicted octanol–water partition coefficient (Wildman–Crippen LogP) is 4.22. The lowest BCUT2D eigenvalue weighted by Crippen LogP contribution is -2.34. The van der Waals surface area contributed by atoms with Crippen LogP contribution < -0.4 is 15.4 Å². The van der Waals surface area contributed by atoms with E-state index in [1.165, 1.54) is 12.1 Å². The molecule has 1 amide bonds. The summed E-state index contributed by atoms with van der Waals surface area (Å²) in [6, 6.07) is 9.01. The number of halogens is 2. The molecule has 2 aromatic rings. The van der Waals surface area contributed by atoms with E-state index in [0.29, 0.717) is 17.9 Å². The molecule has 0 aliphatic carbocycles. The molecule has 0 aliphatic heterocycles. The highest BCUT2D eigenvalue weighted by atomic mass is 35.5. The Hall–Kier alpha value is -2.35. The largest absolute Gasteiger partial charge is 0.494 e. The highest BCUT2D eigenvalue weighted by molar-refractivity contribution is 7.80. The number of aromatic carboxylic acids is 1. The van der Waals surface area contributed by atoms with Gasteiger partial charge in [-0.15, -0.1) is 0 Å². The lowest BCUT2D eigenvalue weighted by molar-refractivity contribution is 0.0696. The standard InChI is InChI=1S/C17H14Cl2N2O4S/c1-2-25-11-5-3-9(4-6-11)15(22)21-17(26)20-14-12(18)7-10(16(23)24)8-13(14)19/h3-8H,2H2,1H3,(H,23,24)(H2,20,21,22,26). The van der Waals surface area contributed by atoms with Crippen molar-refractivity contribution in [3.63, 3.8) is 0 Å². The van der Waals surface area contributed by atoms with Gasteiger partial charge < -0.3 is 15.2 Å². The number of rotatable bonds is 5. The number of hydrogen-bond donors (Lipinski definition) is 3. The molecule has 0 saturated heterocycles. The van der Waals surface area contributed by atoms with Crippen molar-refractivity contribution in [3.8, 4) is 5.75 Å². The number of carbonyl (C=O) groups excluding carboxylic acids is 1. The molecule has 0 unspecified atom stereocenters. The van der Waals surface area contributed by atoms with Crippen LogP contribution in [0.1, 0.15) is 27.6 Å². The van der Waals surface area contributed by atoms with Crippen LogP contribution in [-0.2, 0) is 0 Å². The van der Waals surface area contributed by atoms with E-state index in [1.807, 2.05) is 6.92 Å². The SMILES string of the molecule is CCOc1ccc(C(=O)NC(=S)Nc2c(Cl)cc(C(=O)O)cc2Cl)cc1. The van der Waals surface area contributed by atoms with Gasteiger partial charge in [0.05, 0.1) is 27.9 Å². The van der Waals surface area contributed by atoms with Crippen LogP contribution in [0.3, 0.4) is 0 Å². The van der Waals surface area contributed by atoms with Crippen molar-refractivity contribution in [2.24, 2.45) is 0 Å². The van der Waals surface area contributed by atoms with Crippen LogP contribution in [-0.4, -0.2) is 28.7 Å². The summed E-state index contributed by atoms with van der Waals surface area (Å²) in [6.07, 6.45) is 0. The van der Waals surface area contributed by atoms with Gasteiger partial charge in [-0.25, -0.2) is 4.79 Å². The molecule has 0 radical (unpaired) electrons. The quantitative estimate of drug-likeness (QED) is 0.637. The van der Waals surface area contributed by atoms with E-state index >= 15 is 0 Å². The summed E-state index contributed by atoms with van der Waals surface area (Å²) in [5.41, 5.74) is 0.529. The number of carboxylic acids is 1. The van der Waals surface area contributed by atoms with Crippen LogP contribution in [0.5, 0.6) is 5.75 Å². The van der Waals surface area contributed by atoms with Gasteiger partial charge in [0.1, 0.15) is 5.75 Å². The molecule has 0 heterocycles. The van der Waals surface area contributed by atoms with Gasteiger partial charge in [-0.1, -0.05) is 23.2 Å². The second-order valence-electron chi connectivity index (χ2n) is 4.99. The maximum atomic E-state index is 12.2. The molecule has 26 heavy (non-hydrogen) atoms. The Balaban J connectivity index is 2.06. The van der Waals surface area contributed by atoms with E-state index in [4.69, 9.17) is 45.3 Å². The second kappa shape index (κ2) is 8.84. The summed E-state index contributed by atoms with van der Waals surface area (Å²) in [4.78, 5) is 23.2. The van der Waals surface area contributed by atoms with Crippen LogP contribution in [0.4, 0.5) is 5.69 Å². The highest BCUT2D eigenvalue weighted by Crippen LogP contribution is 2.31. The number of thiocarbonyl (C=S) groups is 1. The highest BCUT2D eigenvalue weighted by Gasteiger charge is 2.15. The lowest BCUT2D eigenvalue weighted by Gasteiger charge is -2.13. The first-order valence-corrected chi connectivity index (χ1v) is 8.55. The van der Waals surface area contributed by atoms with E-state index in [-0.39, 0.29) is 26.4 Å². The molecule has 0 spiro atoms. The van der Waals surface area contributed by atoms with Crippen molar-refractivity contribution in [1.82, 2.24) is 5.32 Å². The van der Waals surface area contributed by atoms with Crippen molar-refractivity contribution >= 4 is 58.1 Å². The molecule has 0 saturated carbocycles. The Labute approximate surface area is 165 Å². The lowest BCUT2D eigenvalue weighted by atomic mass is 10.2. The Morgan fingerprint density at radius 2 is 1.69 bits per heavy atom. The maximum Gasteiger partial charge on any atom is 0.335 e. The third kappa shape index (κ3) is 5.08. The first kappa shape index (κ1) is 20.0. The summed E-state index contributed by atoms with van der Waals surface area (Å²) in [6.45, 7) is 2.39. The van der Waals surface area contributed by atoms with E-state index in [2.05, 4.69) is 10.6 Å². The minimum atomic E-state index is -1.16. The zero-order valence-electron chi connectivity index (χ0n) is 13.5. The molecule has 136 valence electrons. The zero-order valence-corrected chi connectivity index (χ0v) is 15.8. The molecular weight excluding hydrogens is 399 g/mol. The van der Waals surface area contributed by atoms with Crippen molar-refractivity contribution in [1.29, 1.82) is 0 Å². The molecule has 0 bridgehead atoms. The fourth-order valence-electron chi connectivity index (χ4n) is 2.01. The smallest absolute Gasteiger partial charge is 0.335 e. The molecule has 3 N–H and O–H groups in total. The number of carbonyl (C=O) groups is 2. The summed E-state index contributed by atoms with van der Waals surface area (Å²) in [5.74, 6) is -0.937. The molecular formula is C17H14Cl2N2O4S. The number of nitrogens with one attached hydrogen (secondary N) is 2. The fourth-order valence-corrected chi connectivity index (χ4v) is 2.78. The molecule has 6 nitrogen and oxygen atoms in total. The van der Waals surface area contributed by atoms with Gasteiger partial charge in [0.15, 0.2) is 5.11 Å². The zero-order chi connectivity index (χ0) is 19.3. The summed E-state index contributed by atoms with van der Waals surface area (Å²) in [7, 11) is 0. The van der Waals surface area contributed by atoms with E-state index in [0.717, 1.165) is 0 Å². The van der Waals surface area contributed by atoms with Gasteiger partial charge in [0.2, 0.25) is 0 Å². The number of amides is 1. The van der Waals surface area contributed by atoms with Gasteiger partial charge >= 0.3 is 5.97 Å². The monoisotopic (exact) mass is 412 g/mol. The average molecular weight is 413 g/mol. The molecule has 2 rings (SSSR count). The van der Waals surface area contributed by atoms with Gasteiger partial charge in [0.25, 0.3) is 5.91 Å². The first-order valence-electron chi connectivity index (χ1n) is 7.39. The van der Waals surface area contributed by atoms with Crippen LogP contribution in [0.2, 0.25) is 10.0 Å². The van der Waals surface area contributed by atoms with Crippen LogP contribution in [0.25, 0.3) is 0 Å². The fraction of sp³-hybridized carbons (Fsp3) is 0.118. The number of hydrogen-bond acceptors (Lipinski definition) is 4. The van der Waals surface area contributed by atoms with Crippen molar-refractivity contribution in [2.45, 2.75) is 6.92 Å². The maximum absolute atomic E-state index is 12.2. The van der Waals surface area contributed by atoms with Crippen LogP contribution >= 0.6 is 35.4 Å². The molecule has 0 aliphatic rings. The summed E-state index contributed by atoms with van der Waals surface area (Å²) in [5, 5.41) is 14.3. The minimum absolute atomic E-state index is 0.0317. The van der Waals surface area contributed by atoms with Crippen LogP contribution in [0.15, 0.2) is 36.4 Å². The predicted molar refractivity (Wildman–Crippen MR) is 105 cm³/mol. The van der Waals surface area contributed by atoms with E-state index in [9.17, 15) is 9.59 Å². The van der Waals surface area contributed by atoms with Crippen molar-refractivity contribution in [3.05, 3.63) is 57.6 Å². The Morgan fingerprint density at radius 3 is 2.19 bits per heavy atom. The number of benzene rings is 2.